The van der Waals surface area contributed by atoms with Gasteiger partial charge in [-0.3, -0.25) is 4.79 Å². The molecule has 0 aromatic heterocycles. The van der Waals surface area contributed by atoms with Gasteiger partial charge in [0.2, 0.25) is 0 Å². The van der Waals surface area contributed by atoms with Gasteiger partial charge >= 0.3 is 6.18 Å². The molecular formula is C19H22F3NO6. The monoisotopic (exact) mass is 417 g/mol. The number of amides is 1. The molecule has 1 amide bonds. The first kappa shape index (κ1) is 20.5. The molecule has 29 heavy (non-hydrogen) atoms. The zero-order chi connectivity index (χ0) is 21.2. The molecule has 5 atom stereocenters. The van der Waals surface area contributed by atoms with Crippen LogP contribution in [0.15, 0.2) is 24.3 Å². The maximum atomic E-state index is 12.9. The van der Waals surface area contributed by atoms with Gasteiger partial charge in [-0.2, -0.15) is 13.2 Å². The molecule has 1 N–H and O–H groups in total. The highest BCUT2D eigenvalue weighted by Crippen LogP contribution is 2.44. The van der Waals surface area contributed by atoms with Gasteiger partial charge in [0.15, 0.2) is 24.0 Å². The van der Waals surface area contributed by atoms with Crippen LogP contribution in [0.5, 0.6) is 0 Å². The van der Waals surface area contributed by atoms with Crippen LogP contribution in [0.3, 0.4) is 0 Å². The molecule has 0 radical (unpaired) electrons. The Morgan fingerprint density at radius 1 is 0.966 bits per heavy atom. The van der Waals surface area contributed by atoms with Crippen LogP contribution in [-0.4, -0.2) is 48.2 Å². The fourth-order valence-electron chi connectivity index (χ4n) is 3.81. The predicted molar refractivity (Wildman–Crippen MR) is 92.6 cm³/mol. The number of ether oxygens (including phenoxy) is 5. The molecule has 1 aromatic rings. The van der Waals surface area contributed by atoms with E-state index in [0.717, 1.165) is 12.1 Å². The second-order valence-corrected chi connectivity index (χ2v) is 8.16. The number of alkyl halides is 3. The molecule has 3 saturated heterocycles. The van der Waals surface area contributed by atoms with Crippen molar-refractivity contribution in [3.05, 3.63) is 29.8 Å². The van der Waals surface area contributed by atoms with E-state index in [0.29, 0.717) is 0 Å². The van der Waals surface area contributed by atoms with Gasteiger partial charge in [-0.05, 0) is 45.9 Å². The van der Waals surface area contributed by atoms with Gasteiger partial charge in [-0.1, -0.05) is 6.07 Å². The standard InChI is InChI=1S/C19H22F3NO6/c1-17(2)26-11-12(27-17)14-16(29-18(3,4)28-14)25-13(11)15(24)23-10-7-5-6-9(8-10)19(20,21)22/h5-8,11-14,16H,1-4H3,(H,23,24). The van der Waals surface area contributed by atoms with Gasteiger partial charge in [0.05, 0.1) is 5.56 Å². The van der Waals surface area contributed by atoms with Gasteiger partial charge in [0.25, 0.3) is 5.91 Å². The van der Waals surface area contributed by atoms with Gasteiger partial charge < -0.3 is 29.0 Å². The van der Waals surface area contributed by atoms with E-state index in [1.54, 1.807) is 27.7 Å². The summed E-state index contributed by atoms with van der Waals surface area (Å²) in [7, 11) is 0. The van der Waals surface area contributed by atoms with Crippen LogP contribution < -0.4 is 5.32 Å². The third-order valence-corrected chi connectivity index (χ3v) is 4.87. The molecule has 0 bridgehead atoms. The average Bonchev–Trinajstić information content (AvgIpc) is 3.07. The van der Waals surface area contributed by atoms with Gasteiger partial charge in [-0.15, -0.1) is 0 Å². The van der Waals surface area contributed by atoms with Crippen LogP contribution >= 0.6 is 0 Å². The molecule has 160 valence electrons. The number of anilines is 1. The van der Waals surface area contributed by atoms with E-state index < -0.39 is 59.9 Å². The number of halogens is 3. The molecule has 1 aromatic carbocycles. The number of carbonyl (C=O) groups excluding carboxylic acids is 1. The Labute approximate surface area is 165 Å². The summed E-state index contributed by atoms with van der Waals surface area (Å²) in [5.41, 5.74) is -0.872. The average molecular weight is 417 g/mol. The van der Waals surface area contributed by atoms with E-state index in [2.05, 4.69) is 5.32 Å². The topological polar surface area (TPSA) is 75.3 Å². The van der Waals surface area contributed by atoms with Gasteiger partial charge in [0, 0.05) is 5.69 Å². The SMILES string of the molecule is CC1(C)OC2OC(C(=O)Nc3cccc(C(F)(F)F)c3)C3OC(C)(C)OC3C2O1. The fraction of sp³-hybridized carbons (Fsp3) is 0.632. The predicted octanol–water partition coefficient (Wildman–Crippen LogP) is 3.04. The summed E-state index contributed by atoms with van der Waals surface area (Å²) in [5.74, 6) is -2.59. The van der Waals surface area contributed by atoms with Crippen molar-refractivity contribution in [2.45, 2.75) is 76.2 Å². The van der Waals surface area contributed by atoms with Crippen LogP contribution in [0.1, 0.15) is 33.3 Å². The smallest absolute Gasteiger partial charge is 0.342 e. The molecule has 3 heterocycles. The minimum atomic E-state index is -4.52. The molecule has 0 aliphatic carbocycles. The fourth-order valence-corrected chi connectivity index (χ4v) is 3.81. The van der Waals surface area contributed by atoms with E-state index >= 15 is 0 Å². The van der Waals surface area contributed by atoms with Crippen molar-refractivity contribution in [1.29, 1.82) is 0 Å². The Bertz CT molecular complexity index is 811. The normalized spacial score (nSPS) is 35.1. The number of nitrogens with one attached hydrogen (secondary N) is 1. The highest BCUT2D eigenvalue weighted by Gasteiger charge is 2.62. The van der Waals surface area contributed by atoms with Crippen LogP contribution in [0.25, 0.3) is 0 Å². The lowest BCUT2D eigenvalue weighted by molar-refractivity contribution is -0.229. The summed E-state index contributed by atoms with van der Waals surface area (Å²) < 4.78 is 67.9. The molecule has 10 heteroatoms. The Morgan fingerprint density at radius 3 is 2.28 bits per heavy atom. The van der Waals surface area contributed by atoms with E-state index in [4.69, 9.17) is 23.7 Å². The summed E-state index contributed by atoms with van der Waals surface area (Å²) >= 11 is 0. The number of carbonyl (C=O) groups is 1. The lowest BCUT2D eigenvalue weighted by atomic mass is 9.98. The lowest BCUT2D eigenvalue weighted by Gasteiger charge is -2.36. The molecule has 3 aliphatic rings. The second kappa shape index (κ2) is 6.64. The summed E-state index contributed by atoms with van der Waals surface area (Å²) in [6, 6.07) is 4.36. The number of benzene rings is 1. The first-order valence-electron chi connectivity index (χ1n) is 9.20. The molecule has 3 aliphatic heterocycles. The van der Waals surface area contributed by atoms with E-state index in [-0.39, 0.29) is 5.69 Å². The van der Waals surface area contributed by atoms with Crippen molar-refractivity contribution in [2.75, 3.05) is 5.32 Å². The molecule has 0 saturated carbocycles. The van der Waals surface area contributed by atoms with Crippen LogP contribution in [-0.2, 0) is 34.7 Å². The van der Waals surface area contributed by atoms with E-state index in [1.807, 2.05) is 0 Å². The highest BCUT2D eigenvalue weighted by molar-refractivity contribution is 5.95. The van der Waals surface area contributed by atoms with Gasteiger partial charge in [0.1, 0.15) is 18.3 Å². The zero-order valence-electron chi connectivity index (χ0n) is 16.3. The third kappa shape index (κ3) is 3.99. The number of rotatable bonds is 2. The maximum absolute atomic E-state index is 12.9. The lowest BCUT2D eigenvalue weighted by Crippen LogP contribution is -2.58. The zero-order valence-corrected chi connectivity index (χ0v) is 16.3. The third-order valence-electron chi connectivity index (χ3n) is 4.87. The van der Waals surface area contributed by atoms with Gasteiger partial charge in [-0.25, -0.2) is 0 Å². The maximum Gasteiger partial charge on any atom is 0.416 e. The molecule has 4 rings (SSSR count). The molecular weight excluding hydrogens is 395 g/mol. The minimum absolute atomic E-state index is 0.00538. The summed E-state index contributed by atoms with van der Waals surface area (Å²) in [6.45, 7) is 6.82. The number of hydrogen-bond donors (Lipinski definition) is 1. The van der Waals surface area contributed by atoms with E-state index in [9.17, 15) is 18.0 Å². The van der Waals surface area contributed by atoms with Crippen molar-refractivity contribution in [3.8, 4) is 0 Å². The Morgan fingerprint density at radius 2 is 1.59 bits per heavy atom. The summed E-state index contributed by atoms with van der Waals surface area (Å²) in [5, 5.41) is 2.47. The van der Waals surface area contributed by atoms with Crippen LogP contribution in [0.2, 0.25) is 0 Å². The van der Waals surface area contributed by atoms with Crippen LogP contribution in [0.4, 0.5) is 18.9 Å². The Balaban J connectivity index is 1.57. The summed E-state index contributed by atoms with van der Waals surface area (Å²) in [4.78, 5) is 12.9. The number of fused-ring (bicyclic) bond motifs is 3. The first-order chi connectivity index (χ1) is 13.3. The Kier molecular flexibility index (Phi) is 4.71. The summed E-state index contributed by atoms with van der Waals surface area (Å²) in [6.07, 6.45) is -8.60. The van der Waals surface area contributed by atoms with Crippen LogP contribution in [0, 0.1) is 0 Å². The molecule has 3 fully saturated rings. The minimum Gasteiger partial charge on any atom is -0.342 e. The number of hydrogen-bond acceptors (Lipinski definition) is 6. The van der Waals surface area contributed by atoms with Crippen molar-refractivity contribution in [3.63, 3.8) is 0 Å². The molecule has 5 unspecified atom stereocenters. The van der Waals surface area contributed by atoms with Crippen molar-refractivity contribution in [1.82, 2.24) is 0 Å². The van der Waals surface area contributed by atoms with E-state index in [1.165, 1.54) is 12.1 Å². The highest BCUT2D eigenvalue weighted by atomic mass is 19.4. The molecule has 7 nitrogen and oxygen atoms in total. The largest absolute Gasteiger partial charge is 0.416 e. The van der Waals surface area contributed by atoms with Crippen molar-refractivity contribution >= 4 is 11.6 Å². The Hall–Kier alpha value is -1.72. The van der Waals surface area contributed by atoms with Crippen molar-refractivity contribution < 1.29 is 41.7 Å². The second-order valence-electron chi connectivity index (χ2n) is 8.16. The molecule has 0 spiro atoms. The quantitative estimate of drug-likeness (QED) is 0.797. The first-order valence-corrected chi connectivity index (χ1v) is 9.20. The van der Waals surface area contributed by atoms with Crippen molar-refractivity contribution in [2.24, 2.45) is 0 Å².